The van der Waals surface area contributed by atoms with Gasteiger partial charge >= 0.3 is 0 Å². The average Bonchev–Trinajstić information content (AvgIpc) is 2.21. The predicted molar refractivity (Wildman–Crippen MR) is 57.8 cm³/mol. The van der Waals surface area contributed by atoms with Crippen molar-refractivity contribution in [1.82, 2.24) is 4.90 Å². The van der Waals surface area contributed by atoms with Gasteiger partial charge in [-0.1, -0.05) is 6.42 Å². The lowest BCUT2D eigenvalue weighted by Crippen LogP contribution is -2.43. The fraction of sp³-hybridized carbons (Fsp3) is 0.909. The van der Waals surface area contributed by atoms with Crippen molar-refractivity contribution in [3.63, 3.8) is 0 Å². The van der Waals surface area contributed by atoms with Gasteiger partial charge in [-0.15, -0.1) is 0 Å². The number of ketones is 1. The highest BCUT2D eigenvalue weighted by Crippen LogP contribution is 2.18. The number of ether oxygens (including phenoxy) is 1. The molecule has 4 heteroatoms. The smallest absolute Gasteiger partial charge is 0.172 e. The summed E-state index contributed by atoms with van der Waals surface area (Å²) in [7, 11) is 1.54. The number of piperidine rings is 1. The average molecular weight is 215 g/mol. The van der Waals surface area contributed by atoms with E-state index in [2.05, 4.69) is 4.90 Å². The van der Waals surface area contributed by atoms with Crippen molar-refractivity contribution in [2.75, 3.05) is 33.4 Å². The zero-order valence-corrected chi connectivity index (χ0v) is 9.45. The highest BCUT2D eigenvalue weighted by molar-refractivity contribution is 5.81. The van der Waals surface area contributed by atoms with Crippen LogP contribution in [0.3, 0.4) is 0 Å². The lowest BCUT2D eigenvalue weighted by molar-refractivity contribution is -0.124. The Morgan fingerprint density at radius 2 is 2.33 bits per heavy atom. The molecular weight excluding hydrogens is 194 g/mol. The minimum Gasteiger partial charge on any atom is -0.396 e. The Morgan fingerprint density at radius 3 is 3.00 bits per heavy atom. The Kier molecular flexibility index (Phi) is 5.83. The van der Waals surface area contributed by atoms with Crippen molar-refractivity contribution in [2.45, 2.75) is 31.7 Å². The summed E-state index contributed by atoms with van der Waals surface area (Å²) in [5, 5.41) is 8.94. The van der Waals surface area contributed by atoms with Crippen LogP contribution in [0.4, 0.5) is 0 Å². The van der Waals surface area contributed by atoms with Crippen molar-refractivity contribution < 1.29 is 14.6 Å². The molecule has 0 aromatic carbocycles. The first-order valence-corrected chi connectivity index (χ1v) is 5.63. The van der Waals surface area contributed by atoms with Gasteiger partial charge in [0.25, 0.3) is 0 Å². The minimum atomic E-state index is 0.127. The molecule has 1 atom stereocenters. The summed E-state index contributed by atoms with van der Waals surface area (Å²) < 4.78 is 4.81. The van der Waals surface area contributed by atoms with Crippen LogP contribution in [0.2, 0.25) is 0 Å². The monoisotopic (exact) mass is 215 g/mol. The Hall–Kier alpha value is -0.450. The van der Waals surface area contributed by atoms with Crippen molar-refractivity contribution in [1.29, 1.82) is 0 Å². The Bertz CT molecular complexity index is 194. The molecule has 0 saturated carbocycles. The maximum absolute atomic E-state index is 11.4. The molecule has 1 unspecified atom stereocenters. The number of rotatable bonds is 6. The van der Waals surface area contributed by atoms with E-state index in [0.717, 1.165) is 25.8 Å². The van der Waals surface area contributed by atoms with Gasteiger partial charge in [-0.2, -0.15) is 0 Å². The van der Waals surface area contributed by atoms with Crippen molar-refractivity contribution in [3.8, 4) is 0 Å². The maximum atomic E-state index is 11.4. The Balaban J connectivity index is 2.38. The third-order valence-corrected chi connectivity index (χ3v) is 2.90. The third-order valence-electron chi connectivity index (χ3n) is 2.90. The van der Waals surface area contributed by atoms with Gasteiger partial charge in [0.05, 0.1) is 6.54 Å². The van der Waals surface area contributed by atoms with Crippen LogP contribution in [0.15, 0.2) is 0 Å². The van der Waals surface area contributed by atoms with Gasteiger partial charge in [-0.3, -0.25) is 9.69 Å². The summed E-state index contributed by atoms with van der Waals surface area (Å²) in [5.41, 5.74) is 0. The van der Waals surface area contributed by atoms with Crippen molar-refractivity contribution in [2.24, 2.45) is 0 Å². The first-order valence-electron chi connectivity index (χ1n) is 5.63. The summed E-state index contributed by atoms with van der Waals surface area (Å²) in [4.78, 5) is 13.6. The predicted octanol–water partition coefficient (Wildman–Crippen LogP) is 0.439. The number of hydrogen-bond acceptors (Lipinski definition) is 4. The molecule has 1 saturated heterocycles. The summed E-state index contributed by atoms with van der Waals surface area (Å²) in [6.07, 6.45) is 4.24. The number of carbonyl (C=O) groups excluding carboxylic acids is 1. The Morgan fingerprint density at radius 1 is 1.53 bits per heavy atom. The van der Waals surface area contributed by atoms with E-state index in [1.165, 1.54) is 6.42 Å². The van der Waals surface area contributed by atoms with Gasteiger partial charge < -0.3 is 9.84 Å². The number of likely N-dealkylation sites (tertiary alicyclic amines) is 1. The molecule has 88 valence electrons. The van der Waals surface area contributed by atoms with Gasteiger partial charge in [-0.05, 0) is 25.8 Å². The highest BCUT2D eigenvalue weighted by atomic mass is 16.5. The van der Waals surface area contributed by atoms with E-state index < -0.39 is 0 Å². The van der Waals surface area contributed by atoms with E-state index in [9.17, 15) is 4.79 Å². The molecule has 0 radical (unpaired) electrons. The first-order chi connectivity index (χ1) is 7.27. The summed E-state index contributed by atoms with van der Waals surface area (Å²) >= 11 is 0. The first kappa shape index (κ1) is 12.6. The highest BCUT2D eigenvalue weighted by Gasteiger charge is 2.23. The van der Waals surface area contributed by atoms with E-state index >= 15 is 0 Å². The molecule has 0 bridgehead atoms. The largest absolute Gasteiger partial charge is 0.396 e. The molecule has 1 fully saturated rings. The van der Waals surface area contributed by atoms with Gasteiger partial charge in [0, 0.05) is 19.8 Å². The van der Waals surface area contributed by atoms with Crippen LogP contribution in [-0.2, 0) is 9.53 Å². The van der Waals surface area contributed by atoms with Crippen LogP contribution in [0.1, 0.15) is 25.7 Å². The topological polar surface area (TPSA) is 49.8 Å². The molecule has 0 aliphatic carbocycles. The van der Waals surface area contributed by atoms with Crippen LogP contribution < -0.4 is 0 Å². The second-order valence-corrected chi connectivity index (χ2v) is 4.10. The van der Waals surface area contributed by atoms with Gasteiger partial charge in [0.2, 0.25) is 0 Å². The number of methoxy groups -OCH3 is 1. The number of hydrogen-bond donors (Lipinski definition) is 1. The van der Waals surface area contributed by atoms with Gasteiger partial charge in [-0.25, -0.2) is 0 Å². The van der Waals surface area contributed by atoms with Crippen molar-refractivity contribution in [3.05, 3.63) is 0 Å². The third kappa shape index (κ3) is 4.28. The molecule has 0 aromatic heterocycles. The molecule has 15 heavy (non-hydrogen) atoms. The van der Waals surface area contributed by atoms with Crippen LogP contribution in [0, 0.1) is 0 Å². The molecule has 1 aliphatic heterocycles. The van der Waals surface area contributed by atoms with Crippen LogP contribution in [0.5, 0.6) is 0 Å². The fourth-order valence-electron chi connectivity index (χ4n) is 2.18. The quantitative estimate of drug-likeness (QED) is 0.698. The molecular formula is C11H21NO3. The molecule has 4 nitrogen and oxygen atoms in total. The summed E-state index contributed by atoms with van der Waals surface area (Å²) in [6.45, 7) is 1.85. The lowest BCUT2D eigenvalue weighted by Gasteiger charge is -2.34. The van der Waals surface area contributed by atoms with Gasteiger partial charge in [0.1, 0.15) is 6.61 Å². The fourth-order valence-corrected chi connectivity index (χ4v) is 2.18. The summed E-state index contributed by atoms with van der Waals surface area (Å²) in [5.74, 6) is 0.127. The number of aliphatic hydroxyl groups excluding tert-OH is 1. The van der Waals surface area contributed by atoms with E-state index in [-0.39, 0.29) is 19.0 Å². The molecule has 1 rings (SSSR count). The SMILES string of the molecule is COCC(=O)CN1CCCCC1CCO. The summed E-state index contributed by atoms with van der Waals surface area (Å²) in [6, 6.07) is 0.379. The number of carbonyl (C=O) groups is 1. The van der Waals surface area contributed by atoms with E-state index in [4.69, 9.17) is 9.84 Å². The molecule has 1 aliphatic rings. The molecule has 1 N–H and O–H groups in total. The molecule has 1 heterocycles. The van der Waals surface area contributed by atoms with E-state index in [1.807, 2.05) is 0 Å². The standard InChI is InChI=1S/C11H21NO3/c1-15-9-11(14)8-12-6-3-2-4-10(12)5-7-13/h10,13H,2-9H2,1H3. The lowest BCUT2D eigenvalue weighted by atomic mass is 9.99. The van der Waals surface area contributed by atoms with E-state index in [1.54, 1.807) is 7.11 Å². The second kappa shape index (κ2) is 6.93. The van der Waals surface area contributed by atoms with Crippen LogP contribution in [-0.4, -0.2) is 55.2 Å². The van der Waals surface area contributed by atoms with Gasteiger partial charge in [0.15, 0.2) is 5.78 Å². The zero-order valence-electron chi connectivity index (χ0n) is 9.45. The minimum absolute atomic E-state index is 0.127. The zero-order chi connectivity index (χ0) is 11.1. The molecule has 0 spiro atoms. The Labute approximate surface area is 91.2 Å². The molecule has 0 aromatic rings. The normalized spacial score (nSPS) is 22.9. The maximum Gasteiger partial charge on any atom is 0.172 e. The van der Waals surface area contributed by atoms with Crippen LogP contribution in [0.25, 0.3) is 0 Å². The van der Waals surface area contributed by atoms with E-state index in [0.29, 0.717) is 12.6 Å². The number of aliphatic hydroxyl groups is 1. The molecule has 0 amide bonds. The second-order valence-electron chi connectivity index (χ2n) is 4.10. The van der Waals surface area contributed by atoms with Crippen molar-refractivity contribution >= 4 is 5.78 Å². The number of Topliss-reactive ketones (excluding diaryl/α,β-unsaturated/α-hetero) is 1. The number of nitrogens with zero attached hydrogens (tertiary/aromatic N) is 1. The van der Waals surface area contributed by atoms with Crippen LogP contribution >= 0.6 is 0 Å².